The number of benzene rings is 8. The summed E-state index contributed by atoms with van der Waals surface area (Å²) < 4.78 is 2.66. The first-order chi connectivity index (χ1) is 32.6. The van der Waals surface area contributed by atoms with E-state index in [4.69, 9.17) is 0 Å². The van der Waals surface area contributed by atoms with E-state index in [1.54, 1.807) is 0 Å². The summed E-state index contributed by atoms with van der Waals surface area (Å²) in [6.07, 6.45) is 2.36. The lowest BCUT2D eigenvalue weighted by atomic mass is 9.42. The Kier molecular flexibility index (Phi) is 8.68. The van der Waals surface area contributed by atoms with Crippen LogP contribution in [-0.2, 0) is 21.7 Å². The maximum absolute atomic E-state index is 2.76. The number of fused-ring (bicyclic) bond motifs is 11. The van der Waals surface area contributed by atoms with Gasteiger partial charge in [0.1, 0.15) is 0 Å². The first-order valence-corrected chi connectivity index (χ1v) is 25.7. The number of hydrogen-bond acceptors (Lipinski definition) is 3. The van der Waals surface area contributed by atoms with Crippen LogP contribution in [0.3, 0.4) is 0 Å². The number of thiophene rings is 1. The Labute approximate surface area is 407 Å². The van der Waals surface area contributed by atoms with Crippen molar-refractivity contribution in [3.8, 4) is 22.3 Å². The van der Waals surface area contributed by atoms with Crippen molar-refractivity contribution in [1.29, 1.82) is 0 Å². The summed E-state index contributed by atoms with van der Waals surface area (Å²) in [5.41, 5.74) is 25.2. The average molecular weight is 899 g/mol. The predicted molar refractivity (Wildman–Crippen MR) is 294 cm³/mol. The Balaban J connectivity index is 1.21. The van der Waals surface area contributed by atoms with Gasteiger partial charge in [-0.1, -0.05) is 165 Å². The van der Waals surface area contributed by atoms with Crippen LogP contribution in [-0.4, -0.2) is 6.85 Å². The predicted octanol–water partition coefficient (Wildman–Crippen LogP) is 16.4. The highest BCUT2D eigenvalue weighted by molar-refractivity contribution is 7.26. The van der Waals surface area contributed by atoms with E-state index in [9.17, 15) is 0 Å². The summed E-state index contributed by atoms with van der Waals surface area (Å²) in [6.45, 7) is 24.3. The van der Waals surface area contributed by atoms with Crippen LogP contribution in [0.5, 0.6) is 0 Å². The van der Waals surface area contributed by atoms with E-state index in [1.165, 1.54) is 139 Å². The van der Waals surface area contributed by atoms with Crippen LogP contribution in [0, 0.1) is 13.8 Å². The van der Waals surface area contributed by atoms with Crippen LogP contribution in [0.4, 0.5) is 28.4 Å². The molecule has 4 aliphatic rings. The molecule has 0 spiro atoms. The van der Waals surface area contributed by atoms with Gasteiger partial charge in [0.05, 0.1) is 0 Å². The van der Waals surface area contributed by atoms with Crippen molar-refractivity contribution >= 4 is 77.7 Å². The van der Waals surface area contributed by atoms with E-state index in [1.807, 2.05) is 11.3 Å². The second-order valence-electron chi connectivity index (χ2n) is 22.9. The zero-order chi connectivity index (χ0) is 46.8. The molecule has 0 saturated carbocycles. The first kappa shape index (κ1) is 41.8. The van der Waals surface area contributed by atoms with Crippen LogP contribution in [0.25, 0.3) is 42.4 Å². The molecule has 2 nitrogen and oxygen atoms in total. The van der Waals surface area contributed by atoms with Gasteiger partial charge in [-0.3, -0.25) is 0 Å². The van der Waals surface area contributed by atoms with Gasteiger partial charge in [0.15, 0.2) is 0 Å². The molecule has 0 unspecified atom stereocenters. The molecule has 0 N–H and O–H groups in total. The third kappa shape index (κ3) is 5.64. The molecule has 3 heterocycles. The van der Waals surface area contributed by atoms with Crippen LogP contribution in [0.15, 0.2) is 152 Å². The zero-order valence-electron chi connectivity index (χ0n) is 41.2. The van der Waals surface area contributed by atoms with Crippen molar-refractivity contribution in [1.82, 2.24) is 0 Å². The summed E-state index contributed by atoms with van der Waals surface area (Å²) in [6, 6.07) is 58.9. The third-order valence-electron chi connectivity index (χ3n) is 17.1. The van der Waals surface area contributed by atoms with Gasteiger partial charge in [0.25, 0.3) is 0 Å². The molecular formula is C64H59BN2S. The maximum atomic E-state index is 2.76. The SMILES string of the molecule is Cc1cc2c3c(c1)N(c1cc4c(cc1C)C(C)(C)CCC4(C)C)c1cc4c(cc1B3N(c1ccccc1-c1ccccc1)c1ccc3sc5ccccc5c3c1-2)C(C)(C)c1ccccc1C4(C)C. The fourth-order valence-electron chi connectivity index (χ4n) is 13.4. The molecule has 0 atom stereocenters. The highest BCUT2D eigenvalue weighted by Crippen LogP contribution is 2.57. The highest BCUT2D eigenvalue weighted by Gasteiger charge is 2.50. The molecule has 9 aromatic rings. The number of rotatable bonds is 3. The molecule has 334 valence electrons. The molecule has 0 radical (unpaired) electrons. The molecule has 0 amide bonds. The molecule has 0 fully saturated rings. The fraction of sp³-hybridized carbons (Fsp3) is 0.250. The van der Waals surface area contributed by atoms with E-state index >= 15 is 0 Å². The quantitative estimate of drug-likeness (QED) is 0.163. The number of hydrogen-bond donors (Lipinski definition) is 0. The number of nitrogens with zero attached hydrogens (tertiary/aromatic N) is 2. The summed E-state index contributed by atoms with van der Waals surface area (Å²) in [5.74, 6) is 0. The van der Waals surface area contributed by atoms with Crippen LogP contribution in [0.1, 0.15) is 113 Å². The van der Waals surface area contributed by atoms with Crippen molar-refractivity contribution < 1.29 is 0 Å². The van der Waals surface area contributed by atoms with Crippen LogP contribution in [0.2, 0.25) is 0 Å². The number of aryl methyl sites for hydroxylation is 2. The van der Waals surface area contributed by atoms with Gasteiger partial charge in [-0.2, -0.15) is 0 Å². The molecule has 1 aromatic heterocycles. The average Bonchev–Trinajstić information content (AvgIpc) is 3.71. The normalized spacial score (nSPS) is 17.5. The van der Waals surface area contributed by atoms with Gasteiger partial charge < -0.3 is 9.71 Å². The van der Waals surface area contributed by atoms with Gasteiger partial charge >= 0.3 is 6.85 Å². The monoisotopic (exact) mass is 898 g/mol. The standard InChI is InChI=1S/C64H59BN2S/c1-38-32-43-58-52(28-29-57-59(58)42-23-15-19-27-56(42)68-57)67(51-26-18-14-22-41(51)40-20-12-11-13-21-40)65-50-35-48-49(64(9,10)45-25-17-16-24-44(45)63(48,7)8)37-54(50)66(55(33-38)60(43)65)53-36-47-46(34-39(53)2)61(3,4)30-31-62(47,5)6/h11-29,32-37H,30-31H2,1-10H3. The van der Waals surface area contributed by atoms with Gasteiger partial charge in [0.2, 0.25) is 0 Å². The molecular weight excluding hydrogens is 840 g/mol. The fourth-order valence-corrected chi connectivity index (χ4v) is 14.5. The molecule has 8 aromatic carbocycles. The Bertz CT molecular complexity index is 3620. The van der Waals surface area contributed by atoms with E-state index in [2.05, 4.69) is 231 Å². The van der Waals surface area contributed by atoms with Gasteiger partial charge in [0, 0.05) is 70.6 Å². The van der Waals surface area contributed by atoms with Crippen molar-refractivity contribution in [3.63, 3.8) is 0 Å². The van der Waals surface area contributed by atoms with Crippen molar-refractivity contribution in [2.24, 2.45) is 0 Å². The third-order valence-corrected chi connectivity index (χ3v) is 18.2. The lowest BCUT2D eigenvalue weighted by molar-refractivity contribution is 0.332. The maximum Gasteiger partial charge on any atom is 0.333 e. The molecule has 0 saturated heterocycles. The lowest BCUT2D eigenvalue weighted by Crippen LogP contribution is -2.62. The molecule has 0 bridgehead atoms. The molecule has 68 heavy (non-hydrogen) atoms. The van der Waals surface area contributed by atoms with Crippen LogP contribution >= 0.6 is 11.3 Å². The zero-order valence-corrected chi connectivity index (χ0v) is 42.0. The molecule has 4 heteroatoms. The smallest absolute Gasteiger partial charge is 0.333 e. The van der Waals surface area contributed by atoms with Crippen molar-refractivity contribution in [2.75, 3.05) is 9.71 Å². The number of anilines is 5. The minimum Gasteiger partial charge on any atom is -0.376 e. The van der Waals surface area contributed by atoms with Gasteiger partial charge in [-0.25, -0.2) is 0 Å². The van der Waals surface area contributed by atoms with E-state index in [0.29, 0.717) is 0 Å². The molecule has 13 rings (SSSR count). The second kappa shape index (κ2) is 14.1. The Morgan fingerprint density at radius 3 is 1.82 bits per heavy atom. The molecule has 2 aliphatic heterocycles. The molecule has 2 aliphatic carbocycles. The summed E-state index contributed by atoms with van der Waals surface area (Å²) in [7, 11) is 0. The minimum atomic E-state index is -0.226. The van der Waals surface area contributed by atoms with E-state index in [0.717, 1.165) is 0 Å². The Morgan fingerprint density at radius 1 is 0.471 bits per heavy atom. The van der Waals surface area contributed by atoms with E-state index < -0.39 is 0 Å². The topological polar surface area (TPSA) is 6.48 Å². The Hall–Kier alpha value is -6.36. The summed E-state index contributed by atoms with van der Waals surface area (Å²) in [4.78, 5) is 5.49. The minimum absolute atomic E-state index is 0.0502. The number of para-hydroxylation sites is 1. The van der Waals surface area contributed by atoms with Crippen LogP contribution < -0.4 is 20.6 Å². The van der Waals surface area contributed by atoms with Crippen molar-refractivity contribution in [2.45, 2.75) is 104 Å². The Morgan fingerprint density at radius 2 is 1.09 bits per heavy atom. The largest absolute Gasteiger partial charge is 0.376 e. The van der Waals surface area contributed by atoms with Gasteiger partial charge in [-0.15, -0.1) is 11.3 Å². The van der Waals surface area contributed by atoms with E-state index in [-0.39, 0.29) is 28.5 Å². The lowest BCUT2D eigenvalue weighted by Gasteiger charge is -2.50. The highest BCUT2D eigenvalue weighted by atomic mass is 32.1. The second-order valence-corrected chi connectivity index (χ2v) is 24.0. The summed E-state index contributed by atoms with van der Waals surface area (Å²) in [5, 5.41) is 2.68. The van der Waals surface area contributed by atoms with Crippen molar-refractivity contribution in [3.05, 3.63) is 196 Å². The summed E-state index contributed by atoms with van der Waals surface area (Å²) >= 11 is 1.92. The van der Waals surface area contributed by atoms with Gasteiger partial charge in [-0.05, 0) is 147 Å². The first-order valence-electron chi connectivity index (χ1n) is 24.8.